The Morgan fingerprint density at radius 2 is 1.65 bits per heavy atom. The van der Waals surface area contributed by atoms with Crippen LogP contribution < -0.4 is 0 Å². The van der Waals surface area contributed by atoms with Crippen molar-refractivity contribution in [3.05, 3.63) is 70.8 Å². The zero-order valence-electron chi connectivity index (χ0n) is 9.21. The smallest absolute Gasteiger partial charge is 0.195 e. The topological polar surface area (TPSA) is 17.1 Å². The van der Waals surface area contributed by atoms with Gasteiger partial charge in [0.25, 0.3) is 0 Å². The van der Waals surface area contributed by atoms with Crippen molar-refractivity contribution >= 4 is 5.78 Å². The first-order valence-electron chi connectivity index (χ1n) is 5.15. The molecule has 0 atom stereocenters. The summed E-state index contributed by atoms with van der Waals surface area (Å²) in [5, 5.41) is 0. The molecule has 0 fully saturated rings. The number of rotatable bonds is 2. The van der Waals surface area contributed by atoms with Crippen molar-refractivity contribution in [3.63, 3.8) is 0 Å². The molecule has 0 aliphatic rings. The zero-order chi connectivity index (χ0) is 12.4. The molecule has 0 saturated heterocycles. The van der Waals surface area contributed by atoms with Gasteiger partial charge in [0.15, 0.2) is 5.78 Å². The highest BCUT2D eigenvalue weighted by Crippen LogP contribution is 2.18. The summed E-state index contributed by atoms with van der Waals surface area (Å²) in [5.74, 6) is -1.88. The normalized spacial score (nSPS) is 10.3. The maximum Gasteiger partial charge on any atom is 0.195 e. The molecule has 3 heteroatoms. The third-order valence-electron chi connectivity index (χ3n) is 2.60. The molecule has 0 radical (unpaired) electrons. The van der Waals surface area contributed by atoms with E-state index in [9.17, 15) is 13.6 Å². The Morgan fingerprint density at radius 1 is 1.00 bits per heavy atom. The predicted molar refractivity (Wildman–Crippen MR) is 61.0 cm³/mol. The minimum atomic E-state index is -0.793. The Hall–Kier alpha value is -2.03. The lowest BCUT2D eigenvalue weighted by Gasteiger charge is -2.05. The monoisotopic (exact) mass is 232 g/mol. The Labute approximate surface area is 97.7 Å². The maximum absolute atomic E-state index is 13.7. The van der Waals surface area contributed by atoms with E-state index >= 15 is 0 Å². The molecule has 0 spiro atoms. The summed E-state index contributed by atoms with van der Waals surface area (Å²) in [6.07, 6.45) is 0. The molecule has 0 amide bonds. The van der Waals surface area contributed by atoms with Crippen LogP contribution in [0.4, 0.5) is 8.78 Å². The average Bonchev–Trinajstić information content (AvgIpc) is 2.36. The Bertz CT molecular complexity index is 562. The van der Waals surface area contributed by atoms with E-state index in [2.05, 4.69) is 0 Å². The van der Waals surface area contributed by atoms with Crippen LogP contribution in [-0.4, -0.2) is 5.78 Å². The van der Waals surface area contributed by atoms with E-state index in [-0.39, 0.29) is 11.1 Å². The fourth-order valence-corrected chi connectivity index (χ4v) is 1.58. The van der Waals surface area contributed by atoms with Crippen LogP contribution >= 0.6 is 0 Å². The lowest BCUT2D eigenvalue weighted by Crippen LogP contribution is -2.06. The fourth-order valence-electron chi connectivity index (χ4n) is 1.58. The number of ketones is 1. The van der Waals surface area contributed by atoms with Crippen LogP contribution in [0.15, 0.2) is 42.5 Å². The first-order chi connectivity index (χ1) is 8.11. The second kappa shape index (κ2) is 4.45. The fraction of sp³-hybridized carbons (Fsp3) is 0.0714. The van der Waals surface area contributed by atoms with Gasteiger partial charge in [0.05, 0.1) is 5.56 Å². The minimum Gasteiger partial charge on any atom is -0.288 e. The SMILES string of the molecule is Cc1c(F)ccc(C(=O)c2ccccc2)c1F. The first-order valence-corrected chi connectivity index (χ1v) is 5.15. The Kier molecular flexibility index (Phi) is 3.00. The van der Waals surface area contributed by atoms with Crippen LogP contribution in [0.2, 0.25) is 0 Å². The number of carbonyl (C=O) groups excluding carboxylic acids is 1. The molecular weight excluding hydrogens is 222 g/mol. The van der Waals surface area contributed by atoms with Crippen molar-refractivity contribution in [1.82, 2.24) is 0 Å². The highest BCUT2D eigenvalue weighted by Gasteiger charge is 2.17. The molecule has 86 valence electrons. The number of benzene rings is 2. The molecule has 2 aromatic rings. The molecule has 0 aliphatic carbocycles. The van der Waals surface area contributed by atoms with E-state index < -0.39 is 17.4 Å². The summed E-state index contributed by atoms with van der Waals surface area (Å²) in [7, 11) is 0. The van der Waals surface area contributed by atoms with Gasteiger partial charge < -0.3 is 0 Å². The van der Waals surface area contributed by atoms with E-state index in [1.807, 2.05) is 0 Å². The lowest BCUT2D eigenvalue weighted by atomic mass is 10.0. The van der Waals surface area contributed by atoms with Gasteiger partial charge >= 0.3 is 0 Å². The molecule has 0 heterocycles. The van der Waals surface area contributed by atoms with Crippen LogP contribution in [0.25, 0.3) is 0 Å². The summed E-state index contributed by atoms with van der Waals surface area (Å²) in [6, 6.07) is 10.6. The van der Waals surface area contributed by atoms with Gasteiger partial charge in [-0.2, -0.15) is 0 Å². The van der Waals surface area contributed by atoms with Gasteiger partial charge in [0, 0.05) is 11.1 Å². The number of halogens is 2. The predicted octanol–water partition coefficient (Wildman–Crippen LogP) is 3.50. The van der Waals surface area contributed by atoms with Gasteiger partial charge in [0.2, 0.25) is 0 Å². The summed E-state index contributed by atoms with van der Waals surface area (Å²) in [6.45, 7) is 1.31. The van der Waals surface area contributed by atoms with Crippen molar-refractivity contribution in [2.45, 2.75) is 6.92 Å². The van der Waals surface area contributed by atoms with Gasteiger partial charge in [-0.05, 0) is 19.1 Å². The lowest BCUT2D eigenvalue weighted by molar-refractivity contribution is 0.103. The molecule has 2 aromatic carbocycles. The number of hydrogen-bond acceptors (Lipinski definition) is 1. The molecule has 17 heavy (non-hydrogen) atoms. The molecule has 0 unspecified atom stereocenters. The molecule has 1 nitrogen and oxygen atoms in total. The molecule has 0 saturated carbocycles. The molecule has 0 bridgehead atoms. The largest absolute Gasteiger partial charge is 0.288 e. The van der Waals surface area contributed by atoms with Crippen molar-refractivity contribution in [3.8, 4) is 0 Å². The summed E-state index contributed by atoms with van der Waals surface area (Å²) >= 11 is 0. The van der Waals surface area contributed by atoms with Crippen molar-refractivity contribution in [2.75, 3.05) is 0 Å². The van der Waals surface area contributed by atoms with Gasteiger partial charge in [-0.25, -0.2) is 8.78 Å². The van der Waals surface area contributed by atoms with Crippen molar-refractivity contribution in [2.24, 2.45) is 0 Å². The second-order valence-electron chi connectivity index (χ2n) is 3.73. The van der Waals surface area contributed by atoms with Crippen LogP contribution in [0, 0.1) is 18.6 Å². The van der Waals surface area contributed by atoms with Crippen LogP contribution in [0.1, 0.15) is 21.5 Å². The van der Waals surface area contributed by atoms with Gasteiger partial charge in [0.1, 0.15) is 11.6 Å². The summed E-state index contributed by atoms with van der Waals surface area (Å²) < 4.78 is 26.8. The van der Waals surface area contributed by atoms with Crippen LogP contribution in [0.3, 0.4) is 0 Å². The van der Waals surface area contributed by atoms with E-state index in [1.165, 1.54) is 13.0 Å². The number of hydrogen-bond donors (Lipinski definition) is 0. The first kappa shape index (κ1) is 11.5. The Balaban J connectivity index is 2.49. The maximum atomic E-state index is 13.7. The van der Waals surface area contributed by atoms with E-state index in [0.29, 0.717) is 5.56 Å². The molecule has 0 aromatic heterocycles. The standard InChI is InChI=1S/C14H10F2O/c1-9-12(15)8-7-11(13(9)16)14(17)10-5-3-2-4-6-10/h2-8H,1H3. The van der Waals surface area contributed by atoms with Crippen LogP contribution in [-0.2, 0) is 0 Å². The van der Waals surface area contributed by atoms with E-state index in [1.54, 1.807) is 30.3 Å². The van der Waals surface area contributed by atoms with E-state index in [4.69, 9.17) is 0 Å². The van der Waals surface area contributed by atoms with Gasteiger partial charge in [-0.1, -0.05) is 30.3 Å². The zero-order valence-corrected chi connectivity index (χ0v) is 9.21. The quantitative estimate of drug-likeness (QED) is 0.724. The highest BCUT2D eigenvalue weighted by molar-refractivity contribution is 6.09. The van der Waals surface area contributed by atoms with E-state index in [0.717, 1.165) is 6.07 Å². The molecule has 0 aliphatic heterocycles. The molecule has 2 rings (SSSR count). The summed E-state index contributed by atoms with van der Waals surface area (Å²) in [4.78, 5) is 12.0. The van der Waals surface area contributed by atoms with Crippen LogP contribution in [0.5, 0.6) is 0 Å². The highest BCUT2D eigenvalue weighted by atomic mass is 19.1. The number of carbonyl (C=O) groups is 1. The third kappa shape index (κ3) is 2.09. The minimum absolute atomic E-state index is 0.102. The average molecular weight is 232 g/mol. The van der Waals surface area contributed by atoms with Gasteiger partial charge in [-0.3, -0.25) is 4.79 Å². The molecular formula is C14H10F2O. The summed E-state index contributed by atoms with van der Waals surface area (Å²) in [5.41, 5.74) is 0.152. The van der Waals surface area contributed by atoms with Crippen molar-refractivity contribution < 1.29 is 13.6 Å². The third-order valence-corrected chi connectivity index (χ3v) is 2.60. The Morgan fingerprint density at radius 3 is 2.29 bits per heavy atom. The molecule has 0 N–H and O–H groups in total. The van der Waals surface area contributed by atoms with Crippen molar-refractivity contribution in [1.29, 1.82) is 0 Å². The van der Waals surface area contributed by atoms with Gasteiger partial charge in [-0.15, -0.1) is 0 Å². The second-order valence-corrected chi connectivity index (χ2v) is 3.73.